The third-order valence-corrected chi connectivity index (χ3v) is 10.7. The number of ether oxygens (including phenoxy) is 1. The smallest absolute Gasteiger partial charge is 0.264 e. The molecule has 11 heteroatoms. The molecule has 3 heterocycles. The fourth-order valence-corrected chi connectivity index (χ4v) is 7.83. The predicted octanol–water partition coefficient (Wildman–Crippen LogP) is 7.67. The fourth-order valence-electron chi connectivity index (χ4n) is 6.85. The fraction of sp³-hybridized carbons (Fsp3) is 0.333. The van der Waals surface area contributed by atoms with Crippen LogP contribution in [-0.2, 0) is 16.6 Å². The van der Waals surface area contributed by atoms with Crippen LogP contribution >= 0.6 is 0 Å². The number of nitrogens with zero attached hydrogens (tertiary/aromatic N) is 4. The molecule has 1 atom stereocenters. The number of H-pyrrole nitrogens is 1. The molecule has 2 aliphatic rings. The van der Waals surface area contributed by atoms with Gasteiger partial charge in [0.2, 0.25) is 11.8 Å². The number of hydrogen-bond acceptors (Lipinski definition) is 7. The van der Waals surface area contributed by atoms with E-state index in [0.717, 1.165) is 51.9 Å². The van der Waals surface area contributed by atoms with E-state index in [9.17, 15) is 13.2 Å². The summed E-state index contributed by atoms with van der Waals surface area (Å²) in [5, 5.41) is 7.60. The highest BCUT2D eigenvalue weighted by molar-refractivity contribution is 7.92. The zero-order valence-electron chi connectivity index (χ0n) is 29.0. The Hall–Kier alpha value is -5.03. The van der Waals surface area contributed by atoms with Gasteiger partial charge in [0.1, 0.15) is 6.61 Å². The van der Waals surface area contributed by atoms with Gasteiger partial charge in [-0.1, -0.05) is 69.3 Å². The summed E-state index contributed by atoms with van der Waals surface area (Å²) >= 11 is 0. The van der Waals surface area contributed by atoms with Crippen LogP contribution in [0.2, 0.25) is 0 Å². The number of benzene rings is 3. The van der Waals surface area contributed by atoms with Crippen molar-refractivity contribution in [2.45, 2.75) is 77.3 Å². The lowest BCUT2D eigenvalue weighted by molar-refractivity contribution is 0.0513. The number of aromatic nitrogens is 4. The molecule has 1 fully saturated rings. The number of aromatic amines is 1. The standard InChI is InChI=1S/C39H42N6O4S/c1-24-10-8-11-25(2)35(24)33-19-34-42-38(41-33)44-50(47,48)30-14-9-13-27(18-30)37(46)45(29(23-49-34)20-39(3,4)5)22-28-12-6-7-15-31(28)32-21-40-43-36(32)26-16-17-26/h6-15,18-19,21,26,29H,16-17,20,22-23H2,1-5H3,(H,40,43)(H,41,42,44)/t29-/m1/s1. The molecule has 4 bridgehead atoms. The topological polar surface area (TPSA) is 130 Å². The molecular formula is C39H42N6O4S. The third kappa shape index (κ3) is 7.00. The van der Waals surface area contributed by atoms with Gasteiger partial charge < -0.3 is 9.64 Å². The Morgan fingerprint density at radius 1 is 0.920 bits per heavy atom. The summed E-state index contributed by atoms with van der Waals surface area (Å²) in [5.41, 5.74) is 7.57. The monoisotopic (exact) mass is 690 g/mol. The van der Waals surface area contributed by atoms with Gasteiger partial charge in [-0.3, -0.25) is 9.89 Å². The predicted molar refractivity (Wildman–Crippen MR) is 193 cm³/mol. The van der Waals surface area contributed by atoms with Gasteiger partial charge >= 0.3 is 0 Å². The molecule has 1 amide bonds. The average molecular weight is 691 g/mol. The molecule has 2 N–H and O–H groups in total. The van der Waals surface area contributed by atoms with Crippen LogP contribution in [0, 0.1) is 19.3 Å². The van der Waals surface area contributed by atoms with Crippen molar-refractivity contribution >= 4 is 21.9 Å². The number of hydrogen-bond donors (Lipinski definition) is 2. The number of nitrogens with one attached hydrogen (secondary N) is 2. The SMILES string of the molecule is Cc1cccc(C)c1-c1cc2nc(n1)NS(=O)(=O)c1cccc(c1)C(=O)N(Cc1ccccc1-c1cn[nH]c1C1CC1)[C@H](CC(C)(C)C)CO2. The second-order valence-electron chi connectivity index (χ2n) is 14.6. The Kier molecular flexibility index (Phi) is 8.71. The van der Waals surface area contributed by atoms with E-state index in [4.69, 9.17) is 4.74 Å². The number of carbonyl (C=O) groups is 1. The largest absolute Gasteiger partial charge is 0.475 e. The molecule has 5 aromatic rings. The van der Waals surface area contributed by atoms with Gasteiger partial charge in [0, 0.05) is 40.9 Å². The first-order valence-electron chi connectivity index (χ1n) is 17.0. The molecule has 0 unspecified atom stereocenters. The molecule has 7 rings (SSSR count). The molecule has 1 aliphatic heterocycles. The minimum Gasteiger partial charge on any atom is -0.475 e. The zero-order valence-corrected chi connectivity index (χ0v) is 29.8. The minimum atomic E-state index is -4.18. The van der Waals surface area contributed by atoms with E-state index in [-0.39, 0.29) is 46.8 Å². The Morgan fingerprint density at radius 2 is 1.66 bits per heavy atom. The lowest BCUT2D eigenvalue weighted by Gasteiger charge is -2.36. The van der Waals surface area contributed by atoms with E-state index in [2.05, 4.69) is 51.7 Å². The molecule has 1 saturated carbocycles. The van der Waals surface area contributed by atoms with Gasteiger partial charge in [0.15, 0.2) is 0 Å². The van der Waals surface area contributed by atoms with Crippen molar-refractivity contribution in [3.63, 3.8) is 0 Å². The number of sulfonamides is 1. The Labute approximate surface area is 293 Å². The molecular weight excluding hydrogens is 649 g/mol. The molecule has 10 nitrogen and oxygen atoms in total. The van der Waals surface area contributed by atoms with Gasteiger partial charge in [0.25, 0.3) is 15.9 Å². The first kappa shape index (κ1) is 33.5. The van der Waals surface area contributed by atoms with Gasteiger partial charge in [-0.05, 0) is 79.0 Å². The van der Waals surface area contributed by atoms with E-state index in [1.165, 1.54) is 12.1 Å². The normalized spacial score (nSPS) is 17.6. The van der Waals surface area contributed by atoms with Gasteiger partial charge in [0.05, 0.1) is 22.8 Å². The van der Waals surface area contributed by atoms with E-state index in [0.29, 0.717) is 18.0 Å². The van der Waals surface area contributed by atoms with Crippen molar-refractivity contribution in [2.24, 2.45) is 5.41 Å². The van der Waals surface area contributed by atoms with Gasteiger partial charge in [-0.15, -0.1) is 0 Å². The second-order valence-corrected chi connectivity index (χ2v) is 16.3. The average Bonchev–Trinajstić information content (AvgIpc) is 3.80. The van der Waals surface area contributed by atoms with Crippen molar-refractivity contribution in [3.05, 3.63) is 107 Å². The van der Waals surface area contributed by atoms with Crippen molar-refractivity contribution in [2.75, 3.05) is 11.3 Å². The molecule has 50 heavy (non-hydrogen) atoms. The molecule has 1 aliphatic carbocycles. The maximum absolute atomic E-state index is 14.7. The molecule has 3 aromatic carbocycles. The molecule has 0 spiro atoms. The molecule has 0 saturated heterocycles. The van der Waals surface area contributed by atoms with Crippen molar-refractivity contribution in [3.8, 4) is 28.3 Å². The molecule has 2 aromatic heterocycles. The number of aryl methyl sites for hydroxylation is 2. The summed E-state index contributed by atoms with van der Waals surface area (Å²) < 4.78 is 36.6. The first-order chi connectivity index (χ1) is 23.9. The summed E-state index contributed by atoms with van der Waals surface area (Å²) in [7, 11) is -4.18. The molecule has 258 valence electrons. The maximum Gasteiger partial charge on any atom is 0.264 e. The van der Waals surface area contributed by atoms with E-state index >= 15 is 0 Å². The lowest BCUT2D eigenvalue weighted by atomic mass is 9.87. The van der Waals surface area contributed by atoms with Crippen LogP contribution in [-0.4, -0.2) is 52.0 Å². The zero-order chi connectivity index (χ0) is 35.2. The Bertz CT molecular complexity index is 2160. The van der Waals surface area contributed by atoms with Crippen LogP contribution in [0.4, 0.5) is 5.95 Å². The van der Waals surface area contributed by atoms with Crippen molar-refractivity contribution in [1.29, 1.82) is 0 Å². The highest BCUT2D eigenvalue weighted by Gasteiger charge is 2.33. The van der Waals surface area contributed by atoms with Gasteiger partial charge in [-0.2, -0.15) is 10.1 Å². The second kappa shape index (κ2) is 13.0. The third-order valence-electron chi connectivity index (χ3n) is 9.33. The quantitative estimate of drug-likeness (QED) is 0.187. The van der Waals surface area contributed by atoms with Gasteiger partial charge in [-0.25, -0.2) is 18.1 Å². The highest BCUT2D eigenvalue weighted by atomic mass is 32.2. The van der Waals surface area contributed by atoms with Crippen LogP contribution in [0.3, 0.4) is 0 Å². The first-order valence-corrected chi connectivity index (χ1v) is 18.5. The summed E-state index contributed by atoms with van der Waals surface area (Å²) in [6.45, 7) is 10.8. The van der Waals surface area contributed by atoms with Crippen LogP contribution < -0.4 is 9.46 Å². The number of anilines is 1. The Morgan fingerprint density at radius 3 is 2.40 bits per heavy atom. The highest BCUT2D eigenvalue weighted by Crippen LogP contribution is 2.44. The van der Waals surface area contributed by atoms with Crippen LogP contribution in [0.5, 0.6) is 5.88 Å². The number of amides is 1. The summed E-state index contributed by atoms with van der Waals surface area (Å²) in [5.74, 6) is 0.262. The number of carbonyl (C=O) groups excluding carboxylic acids is 1. The van der Waals surface area contributed by atoms with E-state index in [1.54, 1.807) is 18.2 Å². The number of fused-ring (bicyclic) bond motifs is 4. The minimum absolute atomic E-state index is 0.0636. The van der Waals surface area contributed by atoms with Crippen LogP contribution in [0.1, 0.15) is 78.7 Å². The molecule has 0 radical (unpaired) electrons. The van der Waals surface area contributed by atoms with E-state index in [1.807, 2.05) is 61.3 Å². The summed E-state index contributed by atoms with van der Waals surface area (Å²) in [6.07, 6.45) is 4.72. The number of rotatable bonds is 6. The van der Waals surface area contributed by atoms with Crippen molar-refractivity contribution < 1.29 is 17.9 Å². The maximum atomic E-state index is 14.7. The van der Waals surface area contributed by atoms with Crippen molar-refractivity contribution in [1.82, 2.24) is 25.1 Å². The van der Waals surface area contributed by atoms with Crippen LogP contribution in [0.25, 0.3) is 22.4 Å². The Balaban J connectivity index is 1.37. The van der Waals surface area contributed by atoms with Crippen LogP contribution in [0.15, 0.2) is 83.9 Å². The summed E-state index contributed by atoms with van der Waals surface area (Å²) in [6, 6.07) is 21.5. The lowest BCUT2D eigenvalue weighted by Crippen LogP contribution is -2.45. The summed E-state index contributed by atoms with van der Waals surface area (Å²) in [4.78, 5) is 25.6. The van der Waals surface area contributed by atoms with E-state index < -0.39 is 16.1 Å².